The van der Waals surface area contributed by atoms with Gasteiger partial charge in [-0.3, -0.25) is 0 Å². The lowest BCUT2D eigenvalue weighted by Gasteiger charge is -2.70. The second kappa shape index (κ2) is 18.1. The molecule has 0 aromatic rings. The highest BCUT2D eigenvalue weighted by atomic mass is 16.7. The van der Waals surface area contributed by atoms with Gasteiger partial charge in [0, 0.05) is 23.4 Å². The first-order valence-corrected chi connectivity index (χ1v) is 24.5. The molecule has 6 aliphatic carbocycles. The molecule has 24 unspecified atom stereocenters. The Hall–Kier alpha value is -1.20. The Morgan fingerprint density at radius 1 is 0.697 bits per heavy atom. The van der Waals surface area contributed by atoms with Gasteiger partial charge in [-0.2, -0.15) is 0 Å². The zero-order valence-corrected chi connectivity index (χ0v) is 39.7. The summed E-state index contributed by atoms with van der Waals surface area (Å²) < 4.78 is 30.4. The van der Waals surface area contributed by atoms with Gasteiger partial charge in [-0.1, -0.05) is 59.3 Å². The predicted molar refractivity (Wildman–Crippen MR) is 235 cm³/mol. The van der Waals surface area contributed by atoms with Gasteiger partial charge in [0.05, 0.1) is 50.3 Å². The smallest absolute Gasteiger partial charge is 0.186 e. The molecule has 0 radical (unpaired) electrons. The topological polar surface area (TPSA) is 289 Å². The second-order valence-electron chi connectivity index (χ2n) is 23.6. The summed E-state index contributed by atoms with van der Waals surface area (Å²) in [5.41, 5.74) is 0.0207. The Morgan fingerprint density at radius 2 is 1.38 bits per heavy atom. The van der Waals surface area contributed by atoms with Crippen molar-refractivity contribution in [2.24, 2.45) is 50.2 Å². The summed E-state index contributed by atoms with van der Waals surface area (Å²) in [5, 5.41) is 130. The molecule has 0 amide bonds. The maximum absolute atomic E-state index is 12.1. The van der Waals surface area contributed by atoms with Gasteiger partial charge in [0.1, 0.15) is 54.9 Å². The zero-order valence-electron chi connectivity index (χ0n) is 39.7. The van der Waals surface area contributed by atoms with Gasteiger partial charge < -0.3 is 85.0 Å². The maximum atomic E-state index is 12.1. The first kappa shape index (κ1) is 51.2. The Morgan fingerprint density at radius 3 is 2.05 bits per heavy atom. The Bertz CT molecular complexity index is 1810. The molecule has 4 saturated carbocycles. The number of hydrogen-bond acceptors (Lipinski definition) is 17. The molecule has 8 aliphatic rings. The molecule has 17 heteroatoms. The van der Waals surface area contributed by atoms with Crippen molar-refractivity contribution in [3.8, 4) is 0 Å². The average molecular weight is 941 g/mol. The molecular weight excluding hydrogens is 861 g/mol. The van der Waals surface area contributed by atoms with Crippen LogP contribution in [0.4, 0.5) is 0 Å². The Kier molecular flexibility index (Phi) is 14.1. The van der Waals surface area contributed by atoms with Gasteiger partial charge in [0.25, 0.3) is 0 Å². The molecule has 24 atom stereocenters. The van der Waals surface area contributed by atoms with E-state index >= 15 is 0 Å². The Labute approximate surface area is 388 Å². The van der Waals surface area contributed by atoms with E-state index in [1.165, 1.54) is 12.5 Å². The third-order valence-electron chi connectivity index (χ3n) is 19.6. The van der Waals surface area contributed by atoms with Crippen molar-refractivity contribution in [3.05, 3.63) is 23.3 Å². The number of hydrogen-bond donors (Lipinski definition) is 12. The fourth-order valence-electron chi connectivity index (χ4n) is 15.0. The first-order valence-electron chi connectivity index (χ1n) is 24.5. The van der Waals surface area contributed by atoms with Crippen LogP contribution in [0.1, 0.15) is 106 Å². The van der Waals surface area contributed by atoms with Crippen LogP contribution in [-0.4, -0.2) is 186 Å². The average Bonchev–Trinajstić information content (AvgIpc) is 3.27. The lowest BCUT2D eigenvalue weighted by Crippen LogP contribution is -2.65. The van der Waals surface area contributed by atoms with E-state index in [4.69, 9.17) is 23.7 Å². The van der Waals surface area contributed by atoms with E-state index < -0.39 is 115 Å². The highest BCUT2D eigenvalue weighted by Gasteiger charge is 2.68. The highest BCUT2D eigenvalue weighted by molar-refractivity contribution is 5.47. The quantitative estimate of drug-likeness (QED) is 0.139. The number of allylic oxidation sites excluding steroid dienone is 3. The normalized spacial score (nSPS) is 54.8. The third-order valence-corrected chi connectivity index (χ3v) is 19.6. The molecule has 8 rings (SSSR count). The lowest BCUT2D eigenvalue weighted by atomic mass is 9.35. The molecule has 17 nitrogen and oxygen atoms in total. The molecule has 2 heterocycles. The molecule has 0 spiro atoms. The first-order chi connectivity index (χ1) is 30.9. The van der Waals surface area contributed by atoms with Crippen molar-refractivity contribution in [1.82, 2.24) is 0 Å². The van der Waals surface area contributed by atoms with Crippen LogP contribution >= 0.6 is 0 Å². The maximum Gasteiger partial charge on any atom is 0.186 e. The van der Waals surface area contributed by atoms with E-state index in [-0.39, 0.29) is 65.8 Å². The molecule has 6 fully saturated rings. The molecule has 12 N–H and O–H groups in total. The fourth-order valence-corrected chi connectivity index (χ4v) is 15.0. The summed E-state index contributed by atoms with van der Waals surface area (Å²) in [7, 11) is 0. The summed E-state index contributed by atoms with van der Waals surface area (Å²) in [6.45, 7) is 14.0. The van der Waals surface area contributed by atoms with E-state index in [1.807, 2.05) is 0 Å². The van der Waals surface area contributed by atoms with Crippen molar-refractivity contribution < 1.29 is 85.0 Å². The highest BCUT2D eigenvalue weighted by Crippen LogP contribution is 2.74. The van der Waals surface area contributed by atoms with Crippen LogP contribution in [0.25, 0.3) is 0 Å². The standard InChI is InChI=1S/C49H80O17/c1-23-33(54)36(57)40(61)43(63-23)66-41-24(20-62-42-39(60)37(58)35(56)28(19-50)65-42)16-27(34(55)38(41)59)64-32-11-12-46(5)29(44(32,2)3)10-13-47(6)30(46)9-8-25-26-17-45(4,21-51)14-15-49(26,22-52)31(53)18-48(25,47)7/h8-9,23-24,27-43,50-61H,10-22H2,1-7H3. The van der Waals surface area contributed by atoms with E-state index in [9.17, 15) is 61.3 Å². The van der Waals surface area contributed by atoms with Crippen molar-refractivity contribution in [3.63, 3.8) is 0 Å². The minimum absolute atomic E-state index is 0.0389. The van der Waals surface area contributed by atoms with Crippen LogP contribution in [-0.2, 0) is 23.7 Å². The molecular formula is C49H80O17. The summed E-state index contributed by atoms with van der Waals surface area (Å²) in [6.07, 6.45) is -11.0. The molecule has 378 valence electrons. The predicted octanol–water partition coefficient (Wildman–Crippen LogP) is 0.168. The monoisotopic (exact) mass is 941 g/mol. The largest absolute Gasteiger partial charge is 0.396 e. The summed E-state index contributed by atoms with van der Waals surface area (Å²) in [5.74, 6) is -0.527. The van der Waals surface area contributed by atoms with Crippen molar-refractivity contribution in [2.75, 3.05) is 26.4 Å². The van der Waals surface area contributed by atoms with Gasteiger partial charge in [-0.05, 0) is 104 Å². The minimum Gasteiger partial charge on any atom is -0.396 e. The van der Waals surface area contributed by atoms with Crippen molar-refractivity contribution >= 4 is 0 Å². The SMILES string of the molecule is CC1OC(OC2C(COC3OC(CO)C(O)C(O)C3O)CC(OC3CCC4(C)C(CCC5(C)C4C=CC4=C6CC(C)(CO)CCC6(CO)C(O)CC45C)C3(C)C)C(O)C2O)C(O)C(O)C1O. The van der Waals surface area contributed by atoms with Crippen LogP contribution in [0.15, 0.2) is 23.3 Å². The number of rotatable bonds is 10. The molecule has 0 bridgehead atoms. The summed E-state index contributed by atoms with van der Waals surface area (Å²) >= 11 is 0. The number of aliphatic hydroxyl groups is 12. The molecule has 66 heavy (non-hydrogen) atoms. The van der Waals surface area contributed by atoms with Gasteiger partial charge in [0.15, 0.2) is 12.6 Å². The van der Waals surface area contributed by atoms with Crippen LogP contribution in [0.5, 0.6) is 0 Å². The van der Waals surface area contributed by atoms with Gasteiger partial charge >= 0.3 is 0 Å². The van der Waals surface area contributed by atoms with Gasteiger partial charge in [-0.15, -0.1) is 0 Å². The molecule has 0 aromatic carbocycles. The van der Waals surface area contributed by atoms with E-state index in [0.29, 0.717) is 25.7 Å². The second-order valence-corrected chi connectivity index (χ2v) is 23.6. The number of ether oxygens (including phenoxy) is 5. The third kappa shape index (κ3) is 7.85. The van der Waals surface area contributed by atoms with Crippen molar-refractivity contribution in [2.45, 2.75) is 204 Å². The van der Waals surface area contributed by atoms with Gasteiger partial charge in [0.2, 0.25) is 0 Å². The van der Waals surface area contributed by atoms with Crippen molar-refractivity contribution in [1.29, 1.82) is 0 Å². The molecule has 2 aliphatic heterocycles. The number of aliphatic hydroxyl groups excluding tert-OH is 12. The van der Waals surface area contributed by atoms with Crippen LogP contribution < -0.4 is 0 Å². The van der Waals surface area contributed by atoms with E-state index in [0.717, 1.165) is 31.3 Å². The minimum atomic E-state index is -1.72. The van der Waals surface area contributed by atoms with Crippen LogP contribution in [0.2, 0.25) is 0 Å². The zero-order chi connectivity index (χ0) is 48.3. The van der Waals surface area contributed by atoms with Gasteiger partial charge in [-0.25, -0.2) is 0 Å². The fraction of sp³-hybridized carbons (Fsp3) is 0.918. The molecule has 0 aromatic heterocycles. The number of fused-ring (bicyclic) bond motifs is 6. The van der Waals surface area contributed by atoms with Crippen LogP contribution in [0.3, 0.4) is 0 Å². The molecule has 2 saturated heterocycles. The Balaban J connectivity index is 1.04. The summed E-state index contributed by atoms with van der Waals surface area (Å²) in [6, 6.07) is 0. The summed E-state index contributed by atoms with van der Waals surface area (Å²) in [4.78, 5) is 0. The van der Waals surface area contributed by atoms with Crippen LogP contribution in [0, 0.1) is 50.2 Å². The van der Waals surface area contributed by atoms with E-state index in [2.05, 4.69) is 53.7 Å². The van der Waals surface area contributed by atoms with E-state index in [1.54, 1.807) is 0 Å². The lowest BCUT2D eigenvalue weighted by molar-refractivity contribution is -0.335.